The van der Waals surface area contributed by atoms with Crippen molar-refractivity contribution in [2.45, 2.75) is 38.1 Å². The van der Waals surface area contributed by atoms with Crippen molar-refractivity contribution in [2.75, 3.05) is 5.32 Å². The minimum absolute atomic E-state index is 0.253. The molecule has 0 spiro atoms. The molecule has 0 aliphatic heterocycles. The lowest BCUT2D eigenvalue weighted by atomic mass is 10.1. The number of ether oxygens (including phenoxy) is 1. The van der Waals surface area contributed by atoms with Crippen LogP contribution < -0.4 is 5.32 Å². The highest BCUT2D eigenvalue weighted by molar-refractivity contribution is 9.09. The van der Waals surface area contributed by atoms with Crippen LogP contribution in [0.4, 0.5) is 10.5 Å². The SMILES string of the molecule is C[C@@H](Br)c1cccc(NC(=O)OC(C)(C)C)c1. The van der Waals surface area contributed by atoms with Gasteiger partial charge in [0.1, 0.15) is 5.60 Å². The summed E-state index contributed by atoms with van der Waals surface area (Å²) in [6.45, 7) is 7.54. The molecule has 1 N–H and O–H groups in total. The molecule has 1 aromatic rings. The maximum atomic E-state index is 11.6. The van der Waals surface area contributed by atoms with Crippen molar-refractivity contribution in [1.29, 1.82) is 0 Å². The Morgan fingerprint density at radius 3 is 2.59 bits per heavy atom. The number of rotatable bonds is 2. The molecule has 0 unspecified atom stereocenters. The molecule has 3 nitrogen and oxygen atoms in total. The van der Waals surface area contributed by atoms with Crippen molar-refractivity contribution in [2.24, 2.45) is 0 Å². The van der Waals surface area contributed by atoms with Gasteiger partial charge in [0, 0.05) is 10.5 Å². The zero-order chi connectivity index (χ0) is 13.1. The summed E-state index contributed by atoms with van der Waals surface area (Å²) in [4.78, 5) is 11.8. The first-order valence-corrected chi connectivity index (χ1v) is 6.43. The maximum Gasteiger partial charge on any atom is 0.412 e. The van der Waals surface area contributed by atoms with E-state index in [-0.39, 0.29) is 4.83 Å². The topological polar surface area (TPSA) is 38.3 Å². The van der Waals surface area contributed by atoms with Crippen LogP contribution in [-0.4, -0.2) is 11.7 Å². The summed E-state index contributed by atoms with van der Waals surface area (Å²) in [6, 6.07) is 7.66. The van der Waals surface area contributed by atoms with Crippen LogP contribution in [0.5, 0.6) is 0 Å². The van der Waals surface area contributed by atoms with Crippen molar-refractivity contribution in [3.63, 3.8) is 0 Å². The van der Waals surface area contributed by atoms with Crippen LogP contribution in [-0.2, 0) is 4.74 Å². The van der Waals surface area contributed by atoms with E-state index >= 15 is 0 Å². The quantitative estimate of drug-likeness (QED) is 0.817. The number of carbonyl (C=O) groups is 1. The summed E-state index contributed by atoms with van der Waals surface area (Å²) >= 11 is 3.49. The Balaban J connectivity index is 2.69. The van der Waals surface area contributed by atoms with Gasteiger partial charge in [0.15, 0.2) is 0 Å². The van der Waals surface area contributed by atoms with E-state index < -0.39 is 11.7 Å². The lowest BCUT2D eigenvalue weighted by Gasteiger charge is -2.19. The van der Waals surface area contributed by atoms with Crippen LogP contribution in [0.15, 0.2) is 24.3 Å². The summed E-state index contributed by atoms with van der Waals surface area (Å²) in [5.74, 6) is 0. The van der Waals surface area contributed by atoms with Crippen LogP contribution >= 0.6 is 15.9 Å². The summed E-state index contributed by atoms with van der Waals surface area (Å²) in [5.41, 5.74) is 1.37. The number of anilines is 1. The zero-order valence-electron chi connectivity index (χ0n) is 10.6. The smallest absolute Gasteiger partial charge is 0.412 e. The predicted octanol–water partition coefficient (Wildman–Crippen LogP) is 4.49. The van der Waals surface area contributed by atoms with E-state index in [9.17, 15) is 4.79 Å². The highest BCUT2D eigenvalue weighted by Gasteiger charge is 2.16. The van der Waals surface area contributed by atoms with E-state index in [1.54, 1.807) is 0 Å². The van der Waals surface area contributed by atoms with Gasteiger partial charge in [-0.3, -0.25) is 5.32 Å². The Labute approximate surface area is 111 Å². The van der Waals surface area contributed by atoms with E-state index in [0.717, 1.165) is 11.3 Å². The number of amides is 1. The van der Waals surface area contributed by atoms with Gasteiger partial charge in [0.25, 0.3) is 0 Å². The van der Waals surface area contributed by atoms with Crippen LogP contribution in [0.25, 0.3) is 0 Å². The average Bonchev–Trinajstić information content (AvgIpc) is 2.14. The van der Waals surface area contributed by atoms with E-state index in [0.29, 0.717) is 0 Å². The molecule has 0 aliphatic carbocycles. The second kappa shape index (κ2) is 5.54. The van der Waals surface area contributed by atoms with Crippen LogP contribution in [0, 0.1) is 0 Å². The third-order valence-corrected chi connectivity index (χ3v) is 2.52. The van der Waals surface area contributed by atoms with Gasteiger partial charge < -0.3 is 4.74 Å². The largest absolute Gasteiger partial charge is 0.444 e. The highest BCUT2D eigenvalue weighted by Crippen LogP contribution is 2.24. The molecule has 0 fully saturated rings. The number of alkyl halides is 1. The summed E-state index contributed by atoms with van der Waals surface area (Å²) in [7, 11) is 0. The third kappa shape index (κ3) is 5.22. The molecule has 17 heavy (non-hydrogen) atoms. The Kier molecular flexibility index (Phi) is 4.57. The summed E-state index contributed by atoms with van der Waals surface area (Å²) in [5, 5.41) is 2.71. The molecular weight excluding hydrogens is 282 g/mol. The summed E-state index contributed by atoms with van der Waals surface area (Å²) in [6.07, 6.45) is -0.433. The first kappa shape index (κ1) is 14.0. The number of carbonyl (C=O) groups excluding carboxylic acids is 1. The van der Waals surface area contributed by atoms with Gasteiger partial charge in [-0.2, -0.15) is 0 Å². The standard InChI is InChI=1S/C13H18BrNO2/c1-9(14)10-6-5-7-11(8-10)15-12(16)17-13(2,3)4/h5-9H,1-4H3,(H,15,16)/t9-/m1/s1. The van der Waals surface area contributed by atoms with E-state index in [1.165, 1.54) is 0 Å². The second-order valence-electron chi connectivity index (χ2n) is 4.87. The second-order valence-corrected chi connectivity index (χ2v) is 6.24. The molecule has 4 heteroatoms. The zero-order valence-corrected chi connectivity index (χ0v) is 12.2. The van der Waals surface area contributed by atoms with Crippen molar-refractivity contribution in [3.8, 4) is 0 Å². The Hall–Kier alpha value is -1.03. The molecule has 0 saturated heterocycles. The molecule has 94 valence electrons. The molecule has 0 aromatic heterocycles. The third-order valence-electron chi connectivity index (χ3n) is 1.99. The van der Waals surface area contributed by atoms with Crippen molar-refractivity contribution in [3.05, 3.63) is 29.8 Å². The number of halogens is 1. The molecule has 0 bridgehead atoms. The van der Waals surface area contributed by atoms with Gasteiger partial charge in [0.05, 0.1) is 0 Å². The minimum atomic E-state index is -0.482. The van der Waals surface area contributed by atoms with E-state index in [2.05, 4.69) is 21.2 Å². The molecule has 1 atom stereocenters. The molecule has 0 saturated carbocycles. The fraction of sp³-hybridized carbons (Fsp3) is 0.462. The number of hydrogen-bond donors (Lipinski definition) is 1. The molecular formula is C13H18BrNO2. The van der Waals surface area contributed by atoms with Crippen molar-refractivity contribution >= 4 is 27.7 Å². The molecule has 1 aromatic carbocycles. The van der Waals surface area contributed by atoms with Gasteiger partial charge in [-0.25, -0.2) is 4.79 Å². The van der Waals surface area contributed by atoms with Crippen molar-refractivity contribution < 1.29 is 9.53 Å². The lowest BCUT2D eigenvalue weighted by molar-refractivity contribution is 0.0636. The van der Waals surface area contributed by atoms with E-state index in [4.69, 9.17) is 4.74 Å². The number of nitrogens with one attached hydrogen (secondary N) is 1. The fourth-order valence-electron chi connectivity index (χ4n) is 1.29. The lowest BCUT2D eigenvalue weighted by Crippen LogP contribution is -2.27. The Morgan fingerprint density at radius 1 is 1.41 bits per heavy atom. The summed E-state index contributed by atoms with van der Waals surface area (Å²) < 4.78 is 5.18. The molecule has 1 amide bonds. The number of benzene rings is 1. The van der Waals surface area contributed by atoms with Gasteiger partial charge >= 0.3 is 6.09 Å². The molecule has 1 rings (SSSR count). The molecule has 0 heterocycles. The molecule has 0 radical (unpaired) electrons. The monoisotopic (exact) mass is 299 g/mol. The highest BCUT2D eigenvalue weighted by atomic mass is 79.9. The van der Waals surface area contributed by atoms with Crippen LogP contribution in [0.1, 0.15) is 38.1 Å². The fourth-order valence-corrected chi connectivity index (χ4v) is 1.57. The van der Waals surface area contributed by atoms with Gasteiger partial charge in [-0.05, 0) is 45.4 Å². The van der Waals surface area contributed by atoms with Crippen LogP contribution in [0.2, 0.25) is 0 Å². The Morgan fingerprint density at radius 2 is 2.06 bits per heavy atom. The molecule has 0 aliphatic rings. The normalized spacial score (nSPS) is 13.0. The van der Waals surface area contributed by atoms with Gasteiger partial charge in [-0.1, -0.05) is 28.1 Å². The van der Waals surface area contributed by atoms with Gasteiger partial charge in [-0.15, -0.1) is 0 Å². The van der Waals surface area contributed by atoms with Crippen molar-refractivity contribution in [1.82, 2.24) is 0 Å². The predicted molar refractivity (Wildman–Crippen MR) is 73.6 cm³/mol. The van der Waals surface area contributed by atoms with Gasteiger partial charge in [0.2, 0.25) is 0 Å². The Bertz CT molecular complexity index is 397. The maximum absolute atomic E-state index is 11.6. The first-order valence-electron chi connectivity index (χ1n) is 5.52. The van der Waals surface area contributed by atoms with Crippen LogP contribution in [0.3, 0.4) is 0 Å². The minimum Gasteiger partial charge on any atom is -0.444 e. The number of hydrogen-bond acceptors (Lipinski definition) is 2. The average molecular weight is 300 g/mol. The van der Waals surface area contributed by atoms with E-state index in [1.807, 2.05) is 52.0 Å². The first-order chi connectivity index (χ1) is 7.78.